The molecule has 0 aromatic heterocycles. The van der Waals surface area contributed by atoms with Gasteiger partial charge in [-0.2, -0.15) is 5.10 Å². The first-order valence-corrected chi connectivity index (χ1v) is 9.67. The van der Waals surface area contributed by atoms with Gasteiger partial charge in [-0.05, 0) is 24.3 Å². The molecule has 0 amide bonds. The molecule has 3 aromatic rings. The number of nitrogens with zero attached hydrogens (tertiary/aromatic N) is 2. The summed E-state index contributed by atoms with van der Waals surface area (Å²) in [6.07, 6.45) is 0.549. The van der Waals surface area contributed by atoms with Crippen molar-refractivity contribution in [1.29, 1.82) is 0 Å². The van der Waals surface area contributed by atoms with E-state index < -0.39 is 0 Å². The summed E-state index contributed by atoms with van der Waals surface area (Å²) in [4.78, 5) is 0. The maximum absolute atomic E-state index is 6.37. The third-order valence-electron chi connectivity index (χ3n) is 5.50. The lowest BCUT2D eigenvalue weighted by Crippen LogP contribution is -2.33. The van der Waals surface area contributed by atoms with Crippen LogP contribution in [0.3, 0.4) is 0 Å². The monoisotopic (exact) mass is 386 g/mol. The van der Waals surface area contributed by atoms with E-state index in [9.17, 15) is 0 Å². The van der Waals surface area contributed by atoms with Crippen LogP contribution in [0.2, 0.25) is 0 Å². The van der Waals surface area contributed by atoms with Crippen molar-refractivity contribution in [2.75, 3.05) is 14.2 Å². The van der Waals surface area contributed by atoms with Crippen molar-refractivity contribution in [2.45, 2.75) is 18.7 Å². The largest absolute Gasteiger partial charge is 0.493 e. The van der Waals surface area contributed by atoms with E-state index in [2.05, 4.69) is 29.3 Å². The van der Waals surface area contributed by atoms with Crippen LogP contribution in [0, 0.1) is 0 Å². The van der Waals surface area contributed by atoms with Crippen LogP contribution in [0.15, 0.2) is 77.9 Å². The van der Waals surface area contributed by atoms with Crippen molar-refractivity contribution >= 4 is 5.71 Å². The van der Waals surface area contributed by atoms with E-state index >= 15 is 0 Å². The highest BCUT2D eigenvalue weighted by atomic mass is 16.5. The summed E-state index contributed by atoms with van der Waals surface area (Å²) in [5, 5.41) is 7.08. The number of para-hydroxylation sites is 1. The minimum atomic E-state index is -0.256. The van der Waals surface area contributed by atoms with E-state index in [1.807, 2.05) is 48.5 Å². The first-order valence-electron chi connectivity index (χ1n) is 9.67. The van der Waals surface area contributed by atoms with Crippen LogP contribution >= 0.6 is 0 Å². The van der Waals surface area contributed by atoms with Gasteiger partial charge in [0, 0.05) is 23.1 Å². The molecule has 3 aromatic carbocycles. The summed E-state index contributed by atoms with van der Waals surface area (Å²) >= 11 is 0. The zero-order valence-electron chi connectivity index (χ0n) is 16.4. The van der Waals surface area contributed by atoms with Crippen LogP contribution in [0.5, 0.6) is 17.2 Å². The smallest absolute Gasteiger partial charge is 0.213 e. The molecule has 0 N–H and O–H groups in total. The first-order chi connectivity index (χ1) is 14.3. The molecule has 2 aliphatic heterocycles. The lowest BCUT2D eigenvalue weighted by Gasteiger charge is -2.38. The van der Waals surface area contributed by atoms with Crippen LogP contribution in [0.25, 0.3) is 0 Å². The number of rotatable bonds is 4. The number of methoxy groups -OCH3 is 2. The van der Waals surface area contributed by atoms with Gasteiger partial charge in [0.05, 0.1) is 26.0 Å². The van der Waals surface area contributed by atoms with E-state index in [0.29, 0.717) is 11.5 Å². The number of ether oxygens (including phenoxy) is 3. The van der Waals surface area contributed by atoms with Crippen LogP contribution in [-0.4, -0.2) is 24.9 Å². The Morgan fingerprint density at radius 1 is 0.897 bits per heavy atom. The second-order valence-corrected chi connectivity index (χ2v) is 7.14. The van der Waals surface area contributed by atoms with Crippen molar-refractivity contribution < 1.29 is 14.2 Å². The topological polar surface area (TPSA) is 43.3 Å². The van der Waals surface area contributed by atoms with Crippen molar-refractivity contribution in [2.24, 2.45) is 5.10 Å². The van der Waals surface area contributed by atoms with E-state index in [0.717, 1.165) is 29.0 Å². The average molecular weight is 386 g/mol. The number of hydrazone groups is 1. The Morgan fingerprint density at radius 3 is 2.45 bits per heavy atom. The van der Waals surface area contributed by atoms with Gasteiger partial charge in [0.1, 0.15) is 5.75 Å². The van der Waals surface area contributed by atoms with Gasteiger partial charge in [-0.3, -0.25) is 0 Å². The average Bonchev–Trinajstić information content (AvgIpc) is 3.24. The molecular weight excluding hydrogens is 364 g/mol. The van der Waals surface area contributed by atoms with Crippen LogP contribution in [0.1, 0.15) is 35.4 Å². The first kappa shape index (κ1) is 17.6. The third-order valence-corrected chi connectivity index (χ3v) is 5.50. The molecule has 29 heavy (non-hydrogen) atoms. The summed E-state index contributed by atoms with van der Waals surface area (Å²) in [5.74, 6) is 2.34. The van der Waals surface area contributed by atoms with Gasteiger partial charge in [-0.25, -0.2) is 5.01 Å². The fourth-order valence-electron chi connectivity index (χ4n) is 4.06. The molecule has 0 spiro atoms. The number of fused-ring (bicyclic) bond motifs is 3. The van der Waals surface area contributed by atoms with E-state index in [1.54, 1.807) is 14.2 Å². The highest BCUT2D eigenvalue weighted by Crippen LogP contribution is 2.47. The highest BCUT2D eigenvalue weighted by molar-refractivity contribution is 6.02. The standard InChI is InChI=1S/C24H22N2O3/c1-27-22-13-12-17(14-23(22)28-2)19-15-20-18-10-6-7-11-21(18)29-24(26(20)25-19)16-8-4-3-5-9-16/h3-14,20,24H,15H2,1-2H3/t20-,24-/m0/s1. The molecular formula is C24H22N2O3. The number of hydrogen-bond donors (Lipinski definition) is 0. The summed E-state index contributed by atoms with van der Waals surface area (Å²) in [7, 11) is 3.29. The van der Waals surface area contributed by atoms with Crippen molar-refractivity contribution in [1.82, 2.24) is 5.01 Å². The molecule has 0 unspecified atom stereocenters. The molecule has 0 saturated carbocycles. The molecule has 2 atom stereocenters. The summed E-state index contributed by atoms with van der Waals surface area (Å²) in [5.41, 5.74) is 4.29. The predicted molar refractivity (Wildman–Crippen MR) is 112 cm³/mol. The SMILES string of the molecule is COc1ccc(C2=NN3[C@@H](C2)c2ccccc2O[C@H]3c2ccccc2)cc1OC. The minimum absolute atomic E-state index is 0.133. The minimum Gasteiger partial charge on any atom is -0.493 e. The van der Waals surface area contributed by atoms with E-state index in [-0.39, 0.29) is 12.3 Å². The van der Waals surface area contributed by atoms with Gasteiger partial charge >= 0.3 is 0 Å². The lowest BCUT2D eigenvalue weighted by atomic mass is 9.96. The third kappa shape index (κ3) is 2.99. The summed E-state index contributed by atoms with van der Waals surface area (Å²) in [6, 6.07) is 24.5. The molecule has 5 heteroatoms. The fraction of sp³-hybridized carbons (Fsp3) is 0.208. The molecule has 2 aliphatic rings. The fourth-order valence-corrected chi connectivity index (χ4v) is 4.06. The molecule has 0 aliphatic carbocycles. The maximum Gasteiger partial charge on any atom is 0.213 e. The Morgan fingerprint density at radius 2 is 1.66 bits per heavy atom. The molecule has 0 fully saturated rings. The maximum atomic E-state index is 6.37. The molecule has 0 saturated heterocycles. The van der Waals surface area contributed by atoms with E-state index in [1.165, 1.54) is 5.56 Å². The van der Waals surface area contributed by atoms with Crippen molar-refractivity contribution in [3.63, 3.8) is 0 Å². The molecule has 2 heterocycles. The quantitative estimate of drug-likeness (QED) is 0.637. The Bertz CT molecular complexity index is 1060. The molecule has 5 nitrogen and oxygen atoms in total. The number of benzene rings is 3. The van der Waals surface area contributed by atoms with Crippen LogP contribution in [0.4, 0.5) is 0 Å². The van der Waals surface area contributed by atoms with Gasteiger partial charge in [0.2, 0.25) is 6.23 Å². The Labute approximate surface area is 170 Å². The van der Waals surface area contributed by atoms with E-state index in [4.69, 9.17) is 19.3 Å². The Hall–Kier alpha value is -3.47. The van der Waals surface area contributed by atoms with Gasteiger partial charge < -0.3 is 14.2 Å². The second-order valence-electron chi connectivity index (χ2n) is 7.14. The van der Waals surface area contributed by atoms with Gasteiger partial charge in [-0.1, -0.05) is 48.5 Å². The van der Waals surface area contributed by atoms with Crippen LogP contribution < -0.4 is 14.2 Å². The zero-order valence-corrected chi connectivity index (χ0v) is 16.4. The molecule has 0 radical (unpaired) electrons. The zero-order chi connectivity index (χ0) is 19.8. The molecule has 146 valence electrons. The summed E-state index contributed by atoms with van der Waals surface area (Å²) in [6.45, 7) is 0. The van der Waals surface area contributed by atoms with Crippen LogP contribution in [-0.2, 0) is 0 Å². The summed E-state index contributed by atoms with van der Waals surface area (Å²) < 4.78 is 17.2. The normalized spacial score (nSPS) is 19.7. The Kier molecular flexibility index (Phi) is 4.35. The second kappa shape index (κ2) is 7.17. The predicted octanol–water partition coefficient (Wildman–Crippen LogP) is 4.95. The molecule has 0 bridgehead atoms. The van der Waals surface area contributed by atoms with Gasteiger partial charge in [0.15, 0.2) is 11.5 Å². The number of hydrogen-bond acceptors (Lipinski definition) is 5. The lowest BCUT2D eigenvalue weighted by molar-refractivity contribution is -0.0190. The Balaban J connectivity index is 1.57. The van der Waals surface area contributed by atoms with Gasteiger partial charge in [-0.15, -0.1) is 0 Å². The highest BCUT2D eigenvalue weighted by Gasteiger charge is 2.40. The molecule has 5 rings (SSSR count). The van der Waals surface area contributed by atoms with Crippen molar-refractivity contribution in [3.05, 3.63) is 89.5 Å². The van der Waals surface area contributed by atoms with Gasteiger partial charge in [0.25, 0.3) is 0 Å². The van der Waals surface area contributed by atoms with Crippen molar-refractivity contribution in [3.8, 4) is 17.2 Å².